The number of amides is 1. The van der Waals surface area contributed by atoms with Gasteiger partial charge in [0.2, 0.25) is 10.0 Å². The van der Waals surface area contributed by atoms with Gasteiger partial charge in [0.1, 0.15) is 0 Å². The Kier molecular flexibility index (Phi) is 5.88. The molecule has 2 N–H and O–H groups in total. The van der Waals surface area contributed by atoms with Crippen molar-refractivity contribution in [3.63, 3.8) is 0 Å². The fourth-order valence-corrected chi connectivity index (χ4v) is 2.91. The minimum Gasteiger partial charge on any atom is -0.383 e. The predicted octanol–water partition coefficient (Wildman–Crippen LogP) is 1.14. The number of sulfonamides is 1. The first-order chi connectivity index (χ1) is 9.72. The normalized spacial score (nSPS) is 13.0. The Hall–Kier alpha value is -1.44. The minimum absolute atomic E-state index is 0.0994. The molecule has 0 radical (unpaired) electrons. The van der Waals surface area contributed by atoms with Crippen LogP contribution in [0.2, 0.25) is 0 Å². The molecule has 1 aromatic carbocycles. The molecule has 0 saturated carbocycles. The summed E-state index contributed by atoms with van der Waals surface area (Å²) in [4.78, 5) is 14.1. The number of carbonyl (C=O) groups is 1. The van der Waals surface area contributed by atoms with Crippen LogP contribution in [0.15, 0.2) is 23.1 Å². The Morgan fingerprint density at radius 3 is 2.52 bits per heavy atom. The summed E-state index contributed by atoms with van der Waals surface area (Å²) in [6, 6.07) is 4.36. The van der Waals surface area contributed by atoms with Gasteiger partial charge in [0.05, 0.1) is 23.1 Å². The lowest BCUT2D eigenvalue weighted by Crippen LogP contribution is -2.41. The number of hydrogen-bond acceptors (Lipinski definition) is 4. The summed E-state index contributed by atoms with van der Waals surface area (Å²) in [5.41, 5.74) is 0.892. The fraction of sp³-hybridized carbons (Fsp3) is 0.500. The van der Waals surface area contributed by atoms with Crippen LogP contribution in [-0.4, -0.2) is 45.5 Å². The summed E-state index contributed by atoms with van der Waals surface area (Å²) in [6.07, 6.45) is 0. The van der Waals surface area contributed by atoms with Crippen molar-refractivity contribution in [3.05, 3.63) is 29.3 Å². The van der Waals surface area contributed by atoms with Crippen LogP contribution in [0.1, 0.15) is 29.8 Å². The standard InChI is InChI=1S/C14H22N2O4S/c1-5-16(11(3)9-20-4)14(17)12-8-10(2)6-7-13(12)21(15,18)19/h6-8,11H,5,9H2,1-4H3,(H2,15,18,19). The maximum absolute atomic E-state index is 12.7. The van der Waals surface area contributed by atoms with Crippen molar-refractivity contribution in [2.24, 2.45) is 5.14 Å². The van der Waals surface area contributed by atoms with Gasteiger partial charge in [0.25, 0.3) is 5.91 Å². The summed E-state index contributed by atoms with van der Waals surface area (Å²) >= 11 is 0. The Labute approximate surface area is 125 Å². The molecular weight excluding hydrogens is 292 g/mol. The summed E-state index contributed by atoms with van der Waals surface area (Å²) in [7, 11) is -2.40. The molecule has 0 heterocycles. The average molecular weight is 314 g/mol. The molecule has 0 bridgehead atoms. The maximum atomic E-state index is 12.7. The lowest BCUT2D eigenvalue weighted by molar-refractivity contribution is 0.0575. The number of aryl methyl sites for hydroxylation is 1. The highest BCUT2D eigenvalue weighted by molar-refractivity contribution is 7.89. The third-order valence-corrected chi connectivity index (χ3v) is 4.18. The van der Waals surface area contributed by atoms with Gasteiger partial charge in [0.15, 0.2) is 0 Å². The van der Waals surface area contributed by atoms with Crippen molar-refractivity contribution >= 4 is 15.9 Å². The molecule has 21 heavy (non-hydrogen) atoms. The van der Waals surface area contributed by atoms with Gasteiger partial charge in [0, 0.05) is 13.7 Å². The topological polar surface area (TPSA) is 89.7 Å². The van der Waals surface area contributed by atoms with Gasteiger partial charge in [-0.05, 0) is 32.9 Å². The second-order valence-electron chi connectivity index (χ2n) is 4.94. The van der Waals surface area contributed by atoms with Gasteiger partial charge in [-0.15, -0.1) is 0 Å². The van der Waals surface area contributed by atoms with Gasteiger partial charge in [-0.25, -0.2) is 13.6 Å². The summed E-state index contributed by atoms with van der Waals surface area (Å²) in [5, 5.41) is 5.20. The van der Waals surface area contributed by atoms with Crippen LogP contribution in [0.25, 0.3) is 0 Å². The molecule has 1 aromatic rings. The van der Waals surface area contributed by atoms with E-state index in [0.717, 1.165) is 5.56 Å². The molecule has 1 atom stereocenters. The van der Waals surface area contributed by atoms with Crippen LogP contribution in [0, 0.1) is 6.92 Å². The lowest BCUT2D eigenvalue weighted by atomic mass is 10.1. The molecule has 0 spiro atoms. The molecular formula is C14H22N2O4S. The molecule has 118 valence electrons. The Morgan fingerprint density at radius 2 is 2.05 bits per heavy atom. The second kappa shape index (κ2) is 7.02. The first-order valence-electron chi connectivity index (χ1n) is 6.65. The van der Waals surface area contributed by atoms with E-state index in [1.54, 1.807) is 31.1 Å². The average Bonchev–Trinajstić information content (AvgIpc) is 2.38. The molecule has 0 aliphatic heterocycles. The van der Waals surface area contributed by atoms with Crippen LogP contribution in [0.4, 0.5) is 0 Å². The maximum Gasteiger partial charge on any atom is 0.255 e. The molecule has 0 aliphatic rings. The monoisotopic (exact) mass is 314 g/mol. The number of likely N-dealkylation sites (N-methyl/N-ethyl adjacent to an activating group) is 1. The third kappa shape index (κ3) is 4.26. The Balaban J connectivity index is 3.31. The van der Waals surface area contributed by atoms with E-state index in [9.17, 15) is 13.2 Å². The van der Waals surface area contributed by atoms with Crippen molar-refractivity contribution < 1.29 is 17.9 Å². The quantitative estimate of drug-likeness (QED) is 0.852. The number of nitrogens with zero attached hydrogens (tertiary/aromatic N) is 1. The second-order valence-corrected chi connectivity index (χ2v) is 6.47. The van der Waals surface area contributed by atoms with E-state index in [1.165, 1.54) is 6.07 Å². The van der Waals surface area contributed by atoms with Crippen molar-refractivity contribution in [1.82, 2.24) is 4.90 Å². The number of methoxy groups -OCH3 is 1. The lowest BCUT2D eigenvalue weighted by Gasteiger charge is -2.28. The SMILES string of the molecule is CCN(C(=O)c1cc(C)ccc1S(N)(=O)=O)C(C)COC. The van der Waals surface area contributed by atoms with E-state index in [4.69, 9.17) is 9.88 Å². The van der Waals surface area contributed by atoms with Gasteiger partial charge < -0.3 is 9.64 Å². The fourth-order valence-electron chi connectivity index (χ4n) is 2.20. The van der Waals surface area contributed by atoms with Crippen LogP contribution in [0.3, 0.4) is 0 Å². The van der Waals surface area contributed by atoms with Crippen LogP contribution >= 0.6 is 0 Å². The summed E-state index contributed by atoms with van der Waals surface area (Å²) in [5.74, 6) is -0.366. The first kappa shape index (κ1) is 17.6. The smallest absolute Gasteiger partial charge is 0.255 e. The molecule has 0 aromatic heterocycles. The number of nitrogens with two attached hydrogens (primary N) is 1. The molecule has 0 saturated heterocycles. The number of carbonyl (C=O) groups excluding carboxylic acids is 1. The zero-order valence-corrected chi connectivity index (χ0v) is 13.6. The van der Waals surface area contributed by atoms with Gasteiger partial charge in [-0.1, -0.05) is 11.6 Å². The van der Waals surface area contributed by atoms with Gasteiger partial charge in [-0.2, -0.15) is 0 Å². The van der Waals surface area contributed by atoms with E-state index >= 15 is 0 Å². The number of benzene rings is 1. The van der Waals surface area contributed by atoms with Crippen molar-refractivity contribution in [2.75, 3.05) is 20.3 Å². The van der Waals surface area contributed by atoms with E-state index < -0.39 is 10.0 Å². The van der Waals surface area contributed by atoms with Crippen LogP contribution in [0.5, 0.6) is 0 Å². The predicted molar refractivity (Wildman–Crippen MR) is 80.6 cm³/mol. The summed E-state index contributed by atoms with van der Waals surface area (Å²) in [6.45, 7) is 6.28. The van der Waals surface area contributed by atoms with Crippen molar-refractivity contribution in [2.45, 2.75) is 31.7 Å². The highest BCUT2D eigenvalue weighted by Gasteiger charge is 2.25. The van der Waals surface area contributed by atoms with Crippen LogP contribution < -0.4 is 5.14 Å². The number of ether oxygens (including phenoxy) is 1. The largest absolute Gasteiger partial charge is 0.383 e. The molecule has 0 fully saturated rings. The Bertz CT molecular complexity index is 613. The molecule has 1 unspecified atom stereocenters. The zero-order chi connectivity index (χ0) is 16.2. The van der Waals surface area contributed by atoms with E-state index in [0.29, 0.717) is 13.2 Å². The number of rotatable bonds is 6. The first-order valence-corrected chi connectivity index (χ1v) is 8.20. The van der Waals surface area contributed by atoms with Gasteiger partial charge >= 0.3 is 0 Å². The zero-order valence-electron chi connectivity index (χ0n) is 12.8. The number of hydrogen-bond donors (Lipinski definition) is 1. The van der Waals surface area contributed by atoms with E-state index in [2.05, 4.69) is 0 Å². The summed E-state index contributed by atoms with van der Waals surface area (Å²) < 4.78 is 28.4. The number of primary sulfonamides is 1. The van der Waals surface area contributed by atoms with Crippen molar-refractivity contribution in [3.8, 4) is 0 Å². The third-order valence-electron chi connectivity index (χ3n) is 3.21. The van der Waals surface area contributed by atoms with Gasteiger partial charge in [-0.3, -0.25) is 4.79 Å². The highest BCUT2D eigenvalue weighted by atomic mass is 32.2. The molecule has 0 aliphatic carbocycles. The van der Waals surface area contributed by atoms with Crippen LogP contribution in [-0.2, 0) is 14.8 Å². The van der Waals surface area contributed by atoms with E-state index in [1.807, 2.05) is 13.8 Å². The Morgan fingerprint density at radius 1 is 1.43 bits per heavy atom. The molecule has 1 rings (SSSR count). The van der Waals surface area contributed by atoms with E-state index in [-0.39, 0.29) is 22.4 Å². The molecule has 6 nitrogen and oxygen atoms in total. The van der Waals surface area contributed by atoms with Crippen molar-refractivity contribution in [1.29, 1.82) is 0 Å². The molecule has 1 amide bonds. The molecule has 7 heteroatoms. The minimum atomic E-state index is -3.95. The highest BCUT2D eigenvalue weighted by Crippen LogP contribution is 2.19.